The standard InChI is InChI=1S/C21H44O4Si/c1-5-6-7-8-9-13-16-19-24-21(25-26(2,3)4)18-15-12-10-11-14-17-20(22)23/h21H,5-19H2,1-4H3,(H,22,23). The van der Waals surface area contributed by atoms with E-state index in [0.29, 0.717) is 6.42 Å². The molecule has 26 heavy (non-hydrogen) atoms. The third-order valence-electron chi connectivity index (χ3n) is 4.37. The second kappa shape index (κ2) is 16.8. The number of rotatable bonds is 19. The summed E-state index contributed by atoms with van der Waals surface area (Å²) in [6, 6.07) is 0. The topological polar surface area (TPSA) is 55.8 Å². The fourth-order valence-electron chi connectivity index (χ4n) is 2.96. The van der Waals surface area contributed by atoms with E-state index in [-0.39, 0.29) is 6.29 Å². The summed E-state index contributed by atoms with van der Waals surface area (Å²) < 4.78 is 12.2. The van der Waals surface area contributed by atoms with Gasteiger partial charge < -0.3 is 14.3 Å². The van der Waals surface area contributed by atoms with Crippen molar-refractivity contribution in [2.75, 3.05) is 6.61 Å². The molecule has 0 aromatic heterocycles. The van der Waals surface area contributed by atoms with Gasteiger partial charge in [0.25, 0.3) is 0 Å². The van der Waals surface area contributed by atoms with E-state index in [0.717, 1.165) is 51.6 Å². The number of hydrogen-bond donors (Lipinski definition) is 1. The lowest BCUT2D eigenvalue weighted by Gasteiger charge is -2.26. The van der Waals surface area contributed by atoms with Crippen LogP contribution in [0.2, 0.25) is 19.6 Å². The second-order valence-electron chi connectivity index (χ2n) is 8.35. The molecule has 0 aliphatic carbocycles. The highest BCUT2D eigenvalue weighted by molar-refractivity contribution is 6.69. The Balaban J connectivity index is 3.79. The van der Waals surface area contributed by atoms with Crippen molar-refractivity contribution in [2.45, 2.75) is 123 Å². The van der Waals surface area contributed by atoms with Crippen molar-refractivity contribution in [1.82, 2.24) is 0 Å². The Labute approximate surface area is 163 Å². The van der Waals surface area contributed by atoms with Crippen molar-refractivity contribution >= 4 is 14.3 Å². The first-order valence-electron chi connectivity index (χ1n) is 10.9. The van der Waals surface area contributed by atoms with Crippen LogP contribution in [-0.4, -0.2) is 32.3 Å². The minimum absolute atomic E-state index is 0.0548. The number of unbranched alkanes of at least 4 members (excludes halogenated alkanes) is 10. The van der Waals surface area contributed by atoms with Gasteiger partial charge in [0.1, 0.15) is 6.29 Å². The van der Waals surface area contributed by atoms with Gasteiger partial charge in [-0.2, -0.15) is 0 Å². The van der Waals surface area contributed by atoms with Crippen molar-refractivity contribution in [3.63, 3.8) is 0 Å². The summed E-state index contributed by atoms with van der Waals surface area (Å²) in [5.41, 5.74) is 0. The summed E-state index contributed by atoms with van der Waals surface area (Å²) >= 11 is 0. The maximum atomic E-state index is 10.5. The molecule has 1 unspecified atom stereocenters. The summed E-state index contributed by atoms with van der Waals surface area (Å²) in [5, 5.41) is 8.64. The molecule has 0 heterocycles. The van der Waals surface area contributed by atoms with Gasteiger partial charge in [0.15, 0.2) is 8.32 Å². The Morgan fingerprint density at radius 2 is 1.38 bits per heavy atom. The molecular formula is C21H44O4Si. The van der Waals surface area contributed by atoms with Crippen LogP contribution in [0.4, 0.5) is 0 Å². The zero-order valence-electron chi connectivity index (χ0n) is 17.9. The molecule has 1 N–H and O–H groups in total. The summed E-state index contributed by atoms with van der Waals surface area (Å²) in [4.78, 5) is 10.5. The van der Waals surface area contributed by atoms with Crippen LogP contribution in [-0.2, 0) is 14.0 Å². The molecule has 0 aromatic carbocycles. The Hall–Kier alpha value is -0.393. The smallest absolute Gasteiger partial charge is 0.303 e. The molecule has 4 nitrogen and oxygen atoms in total. The highest BCUT2D eigenvalue weighted by Crippen LogP contribution is 2.17. The predicted molar refractivity (Wildman–Crippen MR) is 112 cm³/mol. The van der Waals surface area contributed by atoms with Gasteiger partial charge in [-0.25, -0.2) is 0 Å². The zero-order chi connectivity index (χ0) is 19.7. The first-order valence-corrected chi connectivity index (χ1v) is 14.3. The molecule has 0 aromatic rings. The van der Waals surface area contributed by atoms with Gasteiger partial charge in [0.2, 0.25) is 0 Å². The lowest BCUT2D eigenvalue weighted by Crippen LogP contribution is -2.33. The maximum absolute atomic E-state index is 10.5. The Kier molecular flexibility index (Phi) is 16.5. The average molecular weight is 389 g/mol. The Morgan fingerprint density at radius 1 is 0.846 bits per heavy atom. The van der Waals surface area contributed by atoms with Gasteiger partial charge in [0, 0.05) is 13.0 Å². The highest BCUT2D eigenvalue weighted by atomic mass is 28.4. The predicted octanol–water partition coefficient (Wildman–Crippen LogP) is 6.75. The normalized spacial score (nSPS) is 13.1. The minimum Gasteiger partial charge on any atom is -0.481 e. The maximum Gasteiger partial charge on any atom is 0.303 e. The number of carboxylic acids is 1. The molecule has 0 fully saturated rings. The van der Waals surface area contributed by atoms with E-state index in [4.69, 9.17) is 14.3 Å². The first kappa shape index (κ1) is 25.6. The molecule has 1 atom stereocenters. The second-order valence-corrected chi connectivity index (χ2v) is 12.8. The van der Waals surface area contributed by atoms with Crippen molar-refractivity contribution < 1.29 is 19.1 Å². The number of hydrogen-bond acceptors (Lipinski definition) is 3. The van der Waals surface area contributed by atoms with E-state index >= 15 is 0 Å². The van der Waals surface area contributed by atoms with Crippen LogP contribution >= 0.6 is 0 Å². The largest absolute Gasteiger partial charge is 0.481 e. The van der Waals surface area contributed by atoms with Crippen LogP contribution in [0.3, 0.4) is 0 Å². The Bertz CT molecular complexity index is 328. The lowest BCUT2D eigenvalue weighted by atomic mass is 10.1. The summed E-state index contributed by atoms with van der Waals surface area (Å²) in [5.74, 6) is -0.688. The van der Waals surface area contributed by atoms with Crippen LogP contribution in [0.15, 0.2) is 0 Å². The van der Waals surface area contributed by atoms with E-state index < -0.39 is 14.3 Å². The SMILES string of the molecule is CCCCCCCCCOC(CCCCCCCC(=O)O)O[Si](C)(C)C. The molecule has 0 bridgehead atoms. The molecule has 0 saturated heterocycles. The molecule has 0 aliphatic rings. The fraction of sp³-hybridized carbons (Fsp3) is 0.952. The third kappa shape index (κ3) is 19.9. The van der Waals surface area contributed by atoms with Crippen LogP contribution in [0.5, 0.6) is 0 Å². The number of aliphatic carboxylic acids is 1. The van der Waals surface area contributed by atoms with Crippen molar-refractivity contribution in [3.8, 4) is 0 Å². The van der Waals surface area contributed by atoms with Crippen LogP contribution in [0.1, 0.15) is 96.8 Å². The van der Waals surface area contributed by atoms with Gasteiger partial charge in [-0.15, -0.1) is 0 Å². The fourth-order valence-corrected chi connectivity index (χ4v) is 3.94. The number of ether oxygens (including phenoxy) is 1. The minimum atomic E-state index is -1.59. The number of carboxylic acid groups (broad SMARTS) is 1. The molecule has 0 amide bonds. The van der Waals surface area contributed by atoms with Crippen LogP contribution in [0, 0.1) is 0 Å². The average Bonchev–Trinajstić information content (AvgIpc) is 2.54. The van der Waals surface area contributed by atoms with Gasteiger partial charge in [0.05, 0.1) is 0 Å². The molecule has 0 spiro atoms. The van der Waals surface area contributed by atoms with Crippen LogP contribution < -0.4 is 0 Å². The molecule has 0 radical (unpaired) electrons. The third-order valence-corrected chi connectivity index (χ3v) is 5.34. The van der Waals surface area contributed by atoms with E-state index in [1.54, 1.807) is 0 Å². The van der Waals surface area contributed by atoms with Gasteiger partial charge >= 0.3 is 5.97 Å². The molecule has 5 heteroatoms. The molecule has 0 saturated carbocycles. The monoisotopic (exact) mass is 388 g/mol. The van der Waals surface area contributed by atoms with Crippen molar-refractivity contribution in [1.29, 1.82) is 0 Å². The van der Waals surface area contributed by atoms with Crippen molar-refractivity contribution in [2.24, 2.45) is 0 Å². The zero-order valence-corrected chi connectivity index (χ0v) is 18.9. The van der Waals surface area contributed by atoms with E-state index in [1.165, 1.54) is 38.5 Å². The lowest BCUT2D eigenvalue weighted by molar-refractivity contribution is -0.137. The first-order chi connectivity index (χ1) is 12.3. The summed E-state index contributed by atoms with van der Waals surface area (Å²) in [6.45, 7) is 9.69. The van der Waals surface area contributed by atoms with Crippen molar-refractivity contribution in [3.05, 3.63) is 0 Å². The molecule has 0 rings (SSSR count). The highest BCUT2D eigenvalue weighted by Gasteiger charge is 2.21. The van der Waals surface area contributed by atoms with Crippen LogP contribution in [0.25, 0.3) is 0 Å². The Morgan fingerprint density at radius 3 is 1.96 bits per heavy atom. The molecule has 0 aliphatic heterocycles. The molecule has 156 valence electrons. The van der Waals surface area contributed by atoms with E-state index in [9.17, 15) is 4.79 Å². The summed E-state index contributed by atoms with van der Waals surface area (Å²) in [6.07, 6.45) is 15.4. The van der Waals surface area contributed by atoms with Gasteiger partial charge in [-0.05, 0) is 45.3 Å². The molecular weight excluding hydrogens is 344 g/mol. The number of carbonyl (C=O) groups is 1. The summed E-state index contributed by atoms with van der Waals surface area (Å²) in [7, 11) is -1.59. The van der Waals surface area contributed by atoms with E-state index in [1.807, 2.05) is 0 Å². The quantitative estimate of drug-likeness (QED) is 0.151. The van der Waals surface area contributed by atoms with Gasteiger partial charge in [-0.3, -0.25) is 4.79 Å². The van der Waals surface area contributed by atoms with E-state index in [2.05, 4.69) is 26.6 Å². The van der Waals surface area contributed by atoms with Gasteiger partial charge in [-0.1, -0.05) is 64.7 Å².